The molecule has 1 fully saturated rings. The number of nitrogens with zero attached hydrogens (tertiary/aromatic N) is 1. The summed E-state index contributed by atoms with van der Waals surface area (Å²) in [6, 6.07) is 29.5. The van der Waals surface area contributed by atoms with Gasteiger partial charge in [-0.3, -0.25) is 9.59 Å². The minimum atomic E-state index is -0.899. The molecule has 1 amide bonds. The number of hydrogen-bond donors (Lipinski definition) is 2. The van der Waals surface area contributed by atoms with Gasteiger partial charge < -0.3 is 5.11 Å². The topological polar surface area (TPSA) is 78.8 Å². The molecule has 2 N–H and O–H groups in total. The van der Waals surface area contributed by atoms with Gasteiger partial charge >= 0.3 is 5.97 Å². The second-order valence-corrected chi connectivity index (χ2v) is 7.75. The quantitative estimate of drug-likeness (QED) is 0.426. The first-order chi connectivity index (χ1) is 15.1. The molecule has 0 radical (unpaired) electrons. The smallest absolute Gasteiger partial charge is 0.303 e. The van der Waals surface area contributed by atoms with Crippen LogP contribution in [0.3, 0.4) is 0 Å². The van der Waals surface area contributed by atoms with E-state index in [9.17, 15) is 9.59 Å². The summed E-state index contributed by atoms with van der Waals surface area (Å²) in [5, 5.41) is 13.4. The first-order valence-corrected chi connectivity index (χ1v) is 10.4. The number of hydrazone groups is 1. The number of nitrogens with one attached hydrogen (secondary N) is 1. The lowest BCUT2D eigenvalue weighted by Crippen LogP contribution is -2.26. The Hall–Kier alpha value is -3.73. The Balaban J connectivity index is 1.58. The molecule has 0 aromatic heterocycles. The fourth-order valence-electron chi connectivity index (χ4n) is 4.18. The van der Waals surface area contributed by atoms with E-state index in [0.717, 1.165) is 16.7 Å². The highest BCUT2D eigenvalue weighted by Crippen LogP contribution is 2.58. The number of carboxylic acids is 1. The third kappa shape index (κ3) is 4.40. The fourth-order valence-corrected chi connectivity index (χ4v) is 4.18. The van der Waals surface area contributed by atoms with Gasteiger partial charge in [0.2, 0.25) is 5.91 Å². The molecule has 31 heavy (non-hydrogen) atoms. The second-order valence-electron chi connectivity index (χ2n) is 7.75. The molecule has 3 aromatic rings. The maximum absolute atomic E-state index is 13.1. The number of benzene rings is 3. The van der Waals surface area contributed by atoms with Gasteiger partial charge in [-0.15, -0.1) is 0 Å². The summed E-state index contributed by atoms with van der Waals surface area (Å²) in [4.78, 5) is 24.2. The molecule has 0 heterocycles. The van der Waals surface area contributed by atoms with E-state index >= 15 is 0 Å². The van der Waals surface area contributed by atoms with Crippen LogP contribution < -0.4 is 5.43 Å². The van der Waals surface area contributed by atoms with Crippen LogP contribution in [-0.4, -0.2) is 22.7 Å². The summed E-state index contributed by atoms with van der Waals surface area (Å²) < 4.78 is 0. The van der Waals surface area contributed by atoms with E-state index in [-0.39, 0.29) is 30.1 Å². The average Bonchev–Trinajstić information content (AvgIpc) is 3.58. The molecule has 3 aromatic carbocycles. The van der Waals surface area contributed by atoms with Crippen molar-refractivity contribution in [3.05, 3.63) is 108 Å². The Labute approximate surface area is 181 Å². The first-order valence-electron chi connectivity index (χ1n) is 10.4. The Morgan fingerprint density at radius 2 is 1.35 bits per heavy atom. The number of carboxylic acid groups (broad SMARTS) is 1. The summed E-state index contributed by atoms with van der Waals surface area (Å²) in [6.45, 7) is 0. The Bertz CT molecular complexity index is 1040. The standard InChI is InChI=1S/C26H24N2O3/c29-24(30)17-16-23(19-10-4-1-5-11-19)27-28-25(31)22-18-26(22,20-12-6-2-7-13-20)21-14-8-3-9-15-21/h1-15,22H,16-18H2,(H,28,31)(H,29,30)/b27-23+. The van der Waals surface area contributed by atoms with Crippen molar-refractivity contribution < 1.29 is 14.7 Å². The van der Waals surface area contributed by atoms with Crippen molar-refractivity contribution in [3.63, 3.8) is 0 Å². The second kappa shape index (κ2) is 8.96. The molecule has 1 saturated carbocycles. The van der Waals surface area contributed by atoms with E-state index in [1.165, 1.54) is 0 Å². The molecule has 0 aliphatic heterocycles. The lowest BCUT2D eigenvalue weighted by atomic mass is 9.85. The van der Waals surface area contributed by atoms with E-state index in [0.29, 0.717) is 12.1 Å². The summed E-state index contributed by atoms with van der Waals surface area (Å²) in [7, 11) is 0. The zero-order valence-corrected chi connectivity index (χ0v) is 17.1. The van der Waals surface area contributed by atoms with E-state index in [2.05, 4.69) is 34.8 Å². The molecular weight excluding hydrogens is 388 g/mol. The molecule has 5 heteroatoms. The maximum atomic E-state index is 13.1. The normalized spacial score (nSPS) is 17.0. The van der Waals surface area contributed by atoms with Crippen LogP contribution in [0.4, 0.5) is 0 Å². The number of carbonyl (C=O) groups is 2. The summed E-state index contributed by atoms with van der Waals surface area (Å²) >= 11 is 0. The number of amides is 1. The van der Waals surface area contributed by atoms with Gasteiger partial charge in [0.25, 0.3) is 0 Å². The zero-order chi connectivity index (χ0) is 21.7. The summed E-state index contributed by atoms with van der Waals surface area (Å²) in [5.41, 5.74) is 5.93. The van der Waals surface area contributed by atoms with Crippen LogP contribution in [-0.2, 0) is 15.0 Å². The highest BCUT2D eigenvalue weighted by Gasteiger charge is 2.60. The van der Waals surface area contributed by atoms with Crippen LogP contribution in [0, 0.1) is 5.92 Å². The van der Waals surface area contributed by atoms with Crippen molar-refractivity contribution in [1.82, 2.24) is 5.43 Å². The predicted molar refractivity (Wildman–Crippen MR) is 120 cm³/mol. The minimum absolute atomic E-state index is 0.0506. The lowest BCUT2D eigenvalue weighted by Gasteiger charge is -2.18. The van der Waals surface area contributed by atoms with Gasteiger partial charge in [-0.05, 0) is 23.1 Å². The van der Waals surface area contributed by atoms with Gasteiger partial charge in [0.05, 0.1) is 18.1 Å². The van der Waals surface area contributed by atoms with Crippen molar-refractivity contribution in [3.8, 4) is 0 Å². The molecule has 1 unspecified atom stereocenters. The molecule has 156 valence electrons. The molecule has 0 bridgehead atoms. The molecule has 4 rings (SSSR count). The molecule has 5 nitrogen and oxygen atoms in total. The molecule has 1 atom stereocenters. The van der Waals surface area contributed by atoms with E-state index in [4.69, 9.17) is 5.11 Å². The van der Waals surface area contributed by atoms with Crippen LogP contribution in [0.15, 0.2) is 96.1 Å². The lowest BCUT2D eigenvalue weighted by molar-refractivity contribution is -0.136. The van der Waals surface area contributed by atoms with Crippen LogP contribution in [0.25, 0.3) is 0 Å². The number of carbonyl (C=O) groups excluding carboxylic acids is 1. The maximum Gasteiger partial charge on any atom is 0.303 e. The first kappa shape index (κ1) is 20.5. The van der Waals surface area contributed by atoms with Gasteiger partial charge in [0.15, 0.2) is 0 Å². The number of aliphatic carboxylic acids is 1. The SMILES string of the molecule is O=C(O)CC/C(=N\NC(=O)C1CC1(c1ccccc1)c1ccccc1)c1ccccc1. The zero-order valence-electron chi connectivity index (χ0n) is 17.1. The third-order valence-corrected chi connectivity index (χ3v) is 5.84. The highest BCUT2D eigenvalue weighted by atomic mass is 16.4. The average molecular weight is 412 g/mol. The van der Waals surface area contributed by atoms with E-state index in [1.54, 1.807) is 0 Å². The Kier molecular flexibility index (Phi) is 5.94. The van der Waals surface area contributed by atoms with Crippen molar-refractivity contribution in [2.75, 3.05) is 0 Å². The molecule has 0 saturated heterocycles. The van der Waals surface area contributed by atoms with Crippen molar-refractivity contribution >= 4 is 17.6 Å². The molecule has 0 spiro atoms. The van der Waals surface area contributed by atoms with Crippen molar-refractivity contribution in [2.24, 2.45) is 11.0 Å². The van der Waals surface area contributed by atoms with Crippen LogP contribution >= 0.6 is 0 Å². The minimum Gasteiger partial charge on any atom is -0.481 e. The van der Waals surface area contributed by atoms with Crippen molar-refractivity contribution in [1.29, 1.82) is 0 Å². The highest BCUT2D eigenvalue weighted by molar-refractivity contribution is 6.02. The van der Waals surface area contributed by atoms with E-state index in [1.807, 2.05) is 66.7 Å². The van der Waals surface area contributed by atoms with Crippen LogP contribution in [0.1, 0.15) is 36.0 Å². The molecule has 1 aliphatic rings. The van der Waals surface area contributed by atoms with Gasteiger partial charge in [0, 0.05) is 11.8 Å². The van der Waals surface area contributed by atoms with Gasteiger partial charge in [-0.25, -0.2) is 5.43 Å². The summed E-state index contributed by atoms with van der Waals surface area (Å²) in [6.07, 6.45) is 0.899. The predicted octanol–water partition coefficient (Wildman–Crippen LogP) is 4.38. The fraction of sp³-hybridized carbons (Fsp3) is 0.192. The monoisotopic (exact) mass is 412 g/mol. The van der Waals surface area contributed by atoms with Crippen LogP contribution in [0.2, 0.25) is 0 Å². The van der Waals surface area contributed by atoms with Crippen molar-refractivity contribution in [2.45, 2.75) is 24.7 Å². The number of rotatable bonds is 8. The third-order valence-electron chi connectivity index (χ3n) is 5.84. The Morgan fingerprint density at radius 3 is 1.87 bits per heavy atom. The van der Waals surface area contributed by atoms with E-state index < -0.39 is 5.97 Å². The molecular formula is C26H24N2O3. The van der Waals surface area contributed by atoms with Crippen LogP contribution in [0.5, 0.6) is 0 Å². The number of hydrogen-bond acceptors (Lipinski definition) is 3. The largest absolute Gasteiger partial charge is 0.481 e. The van der Waals surface area contributed by atoms with Gasteiger partial charge in [-0.1, -0.05) is 91.0 Å². The molecule has 1 aliphatic carbocycles. The summed E-state index contributed by atoms with van der Waals surface area (Å²) in [5.74, 6) is -1.29. The Morgan fingerprint density at radius 1 is 0.839 bits per heavy atom. The van der Waals surface area contributed by atoms with Gasteiger partial charge in [-0.2, -0.15) is 5.10 Å². The van der Waals surface area contributed by atoms with Gasteiger partial charge in [0.1, 0.15) is 0 Å².